The maximum absolute atomic E-state index is 13.8. The Bertz CT molecular complexity index is 553. The van der Waals surface area contributed by atoms with E-state index in [0.29, 0.717) is 12.2 Å². The molecule has 0 aliphatic heterocycles. The summed E-state index contributed by atoms with van der Waals surface area (Å²) < 4.78 is 13.8. The van der Waals surface area contributed by atoms with Gasteiger partial charge in [0.2, 0.25) is 5.91 Å². The predicted octanol–water partition coefficient (Wildman–Crippen LogP) is 2.15. The molecule has 1 aromatic carbocycles. The first-order valence-electron chi connectivity index (χ1n) is 7.21. The Labute approximate surface area is 130 Å². The highest BCUT2D eigenvalue weighted by atomic mass is 19.1. The molecule has 3 N–H and O–H groups in total. The third kappa shape index (κ3) is 5.11. The lowest BCUT2D eigenvalue weighted by Crippen LogP contribution is -2.37. The van der Waals surface area contributed by atoms with Crippen molar-refractivity contribution in [1.82, 2.24) is 10.6 Å². The highest BCUT2D eigenvalue weighted by Gasteiger charge is 2.22. The Morgan fingerprint density at radius 2 is 1.91 bits per heavy atom. The lowest BCUT2D eigenvalue weighted by atomic mass is 9.95. The minimum atomic E-state index is -0.622. The minimum Gasteiger partial charge on any atom is -0.350 e. The maximum atomic E-state index is 13.8. The Balaban J connectivity index is 2.86. The van der Waals surface area contributed by atoms with E-state index in [4.69, 9.17) is 0 Å². The number of anilines is 1. The summed E-state index contributed by atoms with van der Waals surface area (Å²) >= 11 is 0. The van der Waals surface area contributed by atoms with Crippen LogP contribution in [0.4, 0.5) is 10.1 Å². The largest absolute Gasteiger partial charge is 0.350 e. The van der Waals surface area contributed by atoms with Crippen LogP contribution in [0.2, 0.25) is 0 Å². The van der Waals surface area contributed by atoms with Crippen LogP contribution in [-0.4, -0.2) is 31.4 Å². The number of rotatable bonds is 5. The average Bonchev–Trinajstić information content (AvgIpc) is 2.45. The zero-order chi connectivity index (χ0) is 16.9. The van der Waals surface area contributed by atoms with Crippen LogP contribution >= 0.6 is 0 Å². The standard InChI is InChI=1S/C16H24FN3O2/c1-10(18-5)9-19-14(21)12-8-11(6-7-13(12)17)20-15(22)16(2,3)4/h6-8,10,18H,9H2,1-5H3,(H,19,21)(H,20,22). The fourth-order valence-corrected chi connectivity index (χ4v) is 1.54. The second-order valence-corrected chi connectivity index (χ2v) is 6.30. The third-order valence-electron chi connectivity index (χ3n) is 3.21. The first-order valence-corrected chi connectivity index (χ1v) is 7.21. The van der Waals surface area contributed by atoms with E-state index in [9.17, 15) is 14.0 Å². The van der Waals surface area contributed by atoms with Gasteiger partial charge in [0, 0.05) is 23.7 Å². The molecule has 0 bridgehead atoms. The summed E-state index contributed by atoms with van der Waals surface area (Å²) in [5.74, 6) is -1.33. The van der Waals surface area contributed by atoms with Gasteiger partial charge in [-0.1, -0.05) is 20.8 Å². The van der Waals surface area contributed by atoms with Crippen LogP contribution in [0.3, 0.4) is 0 Å². The van der Waals surface area contributed by atoms with E-state index in [-0.39, 0.29) is 17.5 Å². The van der Waals surface area contributed by atoms with Crippen molar-refractivity contribution in [3.05, 3.63) is 29.6 Å². The summed E-state index contributed by atoms with van der Waals surface area (Å²) in [4.78, 5) is 24.0. The number of nitrogens with one attached hydrogen (secondary N) is 3. The molecule has 22 heavy (non-hydrogen) atoms. The van der Waals surface area contributed by atoms with E-state index in [1.165, 1.54) is 18.2 Å². The number of carbonyl (C=O) groups excluding carboxylic acids is 2. The highest BCUT2D eigenvalue weighted by molar-refractivity contribution is 5.98. The van der Waals surface area contributed by atoms with Crippen LogP contribution in [0.1, 0.15) is 38.1 Å². The molecular weight excluding hydrogens is 285 g/mol. The van der Waals surface area contributed by atoms with Crippen LogP contribution in [0.5, 0.6) is 0 Å². The van der Waals surface area contributed by atoms with Gasteiger partial charge in [-0.3, -0.25) is 9.59 Å². The number of halogens is 1. The van der Waals surface area contributed by atoms with Crippen molar-refractivity contribution in [2.75, 3.05) is 18.9 Å². The molecule has 122 valence electrons. The summed E-state index contributed by atoms with van der Waals surface area (Å²) in [6.07, 6.45) is 0. The summed E-state index contributed by atoms with van der Waals surface area (Å²) in [6.45, 7) is 7.61. The summed E-state index contributed by atoms with van der Waals surface area (Å²) in [5, 5.41) is 8.30. The topological polar surface area (TPSA) is 70.2 Å². The van der Waals surface area contributed by atoms with Crippen molar-refractivity contribution >= 4 is 17.5 Å². The summed E-state index contributed by atoms with van der Waals surface area (Å²) in [6, 6.07) is 4.04. The van der Waals surface area contributed by atoms with Gasteiger partial charge in [0.15, 0.2) is 0 Å². The number of carbonyl (C=O) groups is 2. The van der Waals surface area contributed by atoms with Crippen molar-refractivity contribution in [2.24, 2.45) is 5.41 Å². The van der Waals surface area contributed by atoms with Gasteiger partial charge in [0.25, 0.3) is 5.91 Å². The molecule has 0 aliphatic carbocycles. The highest BCUT2D eigenvalue weighted by Crippen LogP contribution is 2.19. The molecule has 0 aliphatic rings. The fourth-order valence-electron chi connectivity index (χ4n) is 1.54. The summed E-state index contributed by atoms with van der Waals surface area (Å²) in [7, 11) is 1.78. The average molecular weight is 309 g/mol. The van der Waals surface area contributed by atoms with Crippen LogP contribution in [0.25, 0.3) is 0 Å². The van der Waals surface area contributed by atoms with E-state index in [1.54, 1.807) is 27.8 Å². The van der Waals surface area contributed by atoms with Crippen molar-refractivity contribution in [1.29, 1.82) is 0 Å². The quantitative estimate of drug-likeness (QED) is 0.780. The lowest BCUT2D eigenvalue weighted by molar-refractivity contribution is -0.123. The molecule has 0 fully saturated rings. The van der Waals surface area contributed by atoms with Crippen molar-refractivity contribution in [3.8, 4) is 0 Å². The van der Waals surface area contributed by atoms with Gasteiger partial charge in [-0.15, -0.1) is 0 Å². The number of likely N-dealkylation sites (N-methyl/N-ethyl adjacent to an activating group) is 1. The molecule has 0 saturated heterocycles. The lowest BCUT2D eigenvalue weighted by Gasteiger charge is -2.18. The van der Waals surface area contributed by atoms with Crippen LogP contribution < -0.4 is 16.0 Å². The number of hydrogen-bond donors (Lipinski definition) is 3. The van der Waals surface area contributed by atoms with E-state index in [1.807, 2.05) is 6.92 Å². The van der Waals surface area contributed by atoms with Crippen molar-refractivity contribution in [3.63, 3.8) is 0 Å². The molecule has 1 unspecified atom stereocenters. The van der Waals surface area contributed by atoms with Gasteiger partial charge in [-0.05, 0) is 32.2 Å². The summed E-state index contributed by atoms with van der Waals surface area (Å²) in [5.41, 5.74) is -0.262. The predicted molar refractivity (Wildman–Crippen MR) is 85.3 cm³/mol. The molecule has 1 aromatic rings. The van der Waals surface area contributed by atoms with E-state index in [2.05, 4.69) is 16.0 Å². The van der Waals surface area contributed by atoms with E-state index in [0.717, 1.165) is 0 Å². The first-order chi connectivity index (χ1) is 10.1. The number of amides is 2. The van der Waals surface area contributed by atoms with Gasteiger partial charge in [0.1, 0.15) is 5.82 Å². The molecule has 0 spiro atoms. The third-order valence-corrected chi connectivity index (χ3v) is 3.21. The first kappa shape index (κ1) is 18.1. The van der Waals surface area contributed by atoms with Gasteiger partial charge in [0.05, 0.1) is 5.56 Å². The van der Waals surface area contributed by atoms with Gasteiger partial charge < -0.3 is 16.0 Å². The maximum Gasteiger partial charge on any atom is 0.254 e. The molecule has 1 rings (SSSR count). The molecule has 0 saturated carbocycles. The van der Waals surface area contributed by atoms with Crippen molar-refractivity contribution in [2.45, 2.75) is 33.7 Å². The Morgan fingerprint density at radius 3 is 2.45 bits per heavy atom. The fraction of sp³-hybridized carbons (Fsp3) is 0.500. The van der Waals surface area contributed by atoms with Gasteiger partial charge >= 0.3 is 0 Å². The Morgan fingerprint density at radius 1 is 1.27 bits per heavy atom. The number of benzene rings is 1. The van der Waals surface area contributed by atoms with Crippen LogP contribution in [0, 0.1) is 11.2 Å². The normalized spacial score (nSPS) is 12.6. The molecule has 6 heteroatoms. The van der Waals surface area contributed by atoms with Gasteiger partial charge in [-0.25, -0.2) is 4.39 Å². The molecule has 0 radical (unpaired) electrons. The monoisotopic (exact) mass is 309 g/mol. The van der Waals surface area contributed by atoms with E-state index < -0.39 is 17.1 Å². The van der Waals surface area contributed by atoms with Gasteiger partial charge in [-0.2, -0.15) is 0 Å². The van der Waals surface area contributed by atoms with Crippen molar-refractivity contribution < 1.29 is 14.0 Å². The van der Waals surface area contributed by atoms with E-state index >= 15 is 0 Å². The van der Waals surface area contributed by atoms with Crippen LogP contribution in [0.15, 0.2) is 18.2 Å². The minimum absolute atomic E-state index is 0.0794. The zero-order valence-corrected chi connectivity index (χ0v) is 13.7. The molecular formula is C16H24FN3O2. The molecule has 2 amide bonds. The zero-order valence-electron chi connectivity index (χ0n) is 13.7. The molecule has 1 atom stereocenters. The number of hydrogen-bond acceptors (Lipinski definition) is 3. The second kappa shape index (κ2) is 7.35. The molecule has 5 nitrogen and oxygen atoms in total. The van der Waals surface area contributed by atoms with Crippen LogP contribution in [-0.2, 0) is 4.79 Å². The molecule has 0 aromatic heterocycles. The molecule has 0 heterocycles. The smallest absolute Gasteiger partial charge is 0.254 e. The Hall–Kier alpha value is -1.95. The second-order valence-electron chi connectivity index (χ2n) is 6.30. The SMILES string of the molecule is CNC(C)CNC(=O)c1cc(NC(=O)C(C)(C)C)ccc1F. The Kier molecular flexibility index (Phi) is 6.05.